The molecule has 9 heteroatoms. The van der Waals surface area contributed by atoms with E-state index in [1.807, 2.05) is 6.92 Å². The quantitative estimate of drug-likeness (QED) is 0.788. The minimum atomic E-state index is -0.968. The third-order valence-corrected chi connectivity index (χ3v) is 4.91. The number of rotatable bonds is 4. The smallest absolute Gasteiger partial charge is 0.323 e. The van der Waals surface area contributed by atoms with Crippen LogP contribution in [0.25, 0.3) is 0 Å². The molecular weight excluding hydrogens is 346 g/mol. The first-order valence-corrected chi connectivity index (χ1v) is 8.46. The molecule has 0 radical (unpaired) electrons. The molecule has 7 nitrogen and oxygen atoms in total. The Kier molecular flexibility index (Phi) is 4.90. The minimum absolute atomic E-state index is 0.213. The molecule has 4 amide bonds. The van der Waals surface area contributed by atoms with Crippen LogP contribution in [0, 0.1) is 11.6 Å². The third kappa shape index (κ3) is 3.39. The Hall–Kier alpha value is -2.55. The van der Waals surface area contributed by atoms with Gasteiger partial charge in [-0.1, -0.05) is 6.92 Å². The number of piperidine rings is 1. The summed E-state index contributed by atoms with van der Waals surface area (Å²) in [7, 11) is 0. The lowest BCUT2D eigenvalue weighted by Crippen LogP contribution is -2.55. The Bertz CT molecular complexity index is 748. The molecule has 1 aromatic carbocycles. The van der Waals surface area contributed by atoms with Crippen LogP contribution in [0.3, 0.4) is 0 Å². The van der Waals surface area contributed by atoms with Crippen molar-refractivity contribution in [1.82, 2.24) is 15.1 Å². The minimum Gasteiger partial charge on any atom is -0.323 e. The van der Waals surface area contributed by atoms with Gasteiger partial charge in [0.1, 0.15) is 23.7 Å². The van der Waals surface area contributed by atoms with Crippen molar-refractivity contribution in [3.8, 4) is 0 Å². The van der Waals surface area contributed by atoms with Gasteiger partial charge in [0.25, 0.3) is 5.91 Å². The standard InChI is InChI=1S/C17H20F2N4O3/c1-2-22-7-5-17(6-8-22)15(25)23(16(26)21-17)10-14(24)20-13-4-3-11(18)9-12(13)19/h3-4,9H,2,5-8,10H2,1H3,(H,20,24)(H,21,26). The molecule has 0 bridgehead atoms. The molecule has 0 aliphatic carbocycles. The third-order valence-electron chi connectivity index (χ3n) is 4.91. The van der Waals surface area contributed by atoms with Crippen molar-refractivity contribution < 1.29 is 23.2 Å². The molecule has 0 unspecified atom stereocenters. The van der Waals surface area contributed by atoms with Crippen LogP contribution in [0.4, 0.5) is 19.3 Å². The lowest BCUT2D eigenvalue weighted by molar-refractivity contribution is -0.135. The van der Waals surface area contributed by atoms with Crippen molar-refractivity contribution in [3.05, 3.63) is 29.8 Å². The number of likely N-dealkylation sites (tertiary alicyclic amines) is 1. The molecule has 2 saturated heterocycles. The monoisotopic (exact) mass is 366 g/mol. The molecule has 2 aliphatic rings. The Labute approximate surface area is 149 Å². The first kappa shape index (κ1) is 18.2. The second-order valence-electron chi connectivity index (χ2n) is 6.51. The summed E-state index contributed by atoms with van der Waals surface area (Å²) in [6.07, 6.45) is 0.965. The van der Waals surface area contributed by atoms with E-state index in [0.29, 0.717) is 32.0 Å². The van der Waals surface area contributed by atoms with Crippen LogP contribution in [0.2, 0.25) is 0 Å². The summed E-state index contributed by atoms with van der Waals surface area (Å²) < 4.78 is 26.5. The molecule has 3 rings (SSSR count). The number of imide groups is 1. The molecule has 2 fully saturated rings. The Morgan fingerprint density at radius 1 is 1.27 bits per heavy atom. The van der Waals surface area contributed by atoms with E-state index in [1.165, 1.54) is 0 Å². The van der Waals surface area contributed by atoms with Crippen LogP contribution in [0.5, 0.6) is 0 Å². The van der Waals surface area contributed by atoms with Crippen molar-refractivity contribution in [1.29, 1.82) is 0 Å². The van der Waals surface area contributed by atoms with Gasteiger partial charge in [-0.05, 0) is 31.5 Å². The lowest BCUT2D eigenvalue weighted by Gasteiger charge is -2.36. The fraction of sp³-hybridized carbons (Fsp3) is 0.471. The normalized spacial score (nSPS) is 19.7. The summed E-state index contributed by atoms with van der Waals surface area (Å²) >= 11 is 0. The number of hydrogen-bond acceptors (Lipinski definition) is 4. The molecule has 1 aromatic rings. The van der Waals surface area contributed by atoms with Crippen molar-refractivity contribution in [2.45, 2.75) is 25.3 Å². The topological polar surface area (TPSA) is 81.8 Å². The Morgan fingerprint density at radius 2 is 1.96 bits per heavy atom. The van der Waals surface area contributed by atoms with Crippen molar-refractivity contribution >= 4 is 23.5 Å². The van der Waals surface area contributed by atoms with Crippen molar-refractivity contribution in [3.63, 3.8) is 0 Å². The predicted molar refractivity (Wildman–Crippen MR) is 89.3 cm³/mol. The summed E-state index contributed by atoms with van der Waals surface area (Å²) in [5, 5.41) is 4.96. The van der Waals surface area contributed by atoms with E-state index in [2.05, 4.69) is 15.5 Å². The van der Waals surface area contributed by atoms with Crippen LogP contribution >= 0.6 is 0 Å². The van der Waals surface area contributed by atoms with E-state index in [4.69, 9.17) is 0 Å². The second kappa shape index (κ2) is 6.99. The average molecular weight is 366 g/mol. The summed E-state index contributed by atoms with van der Waals surface area (Å²) in [5.74, 6) is -2.87. The highest BCUT2D eigenvalue weighted by atomic mass is 19.1. The van der Waals surface area contributed by atoms with E-state index in [1.54, 1.807) is 0 Å². The van der Waals surface area contributed by atoms with E-state index in [0.717, 1.165) is 23.6 Å². The van der Waals surface area contributed by atoms with Gasteiger partial charge in [-0.3, -0.25) is 14.5 Å². The predicted octanol–water partition coefficient (Wildman–Crippen LogP) is 1.31. The average Bonchev–Trinajstić information content (AvgIpc) is 2.82. The first-order valence-electron chi connectivity index (χ1n) is 8.46. The Balaban J connectivity index is 1.65. The van der Waals surface area contributed by atoms with Gasteiger partial charge in [0.05, 0.1) is 5.69 Å². The number of amides is 4. The zero-order valence-electron chi connectivity index (χ0n) is 14.3. The van der Waals surface area contributed by atoms with Crippen LogP contribution < -0.4 is 10.6 Å². The maximum atomic E-state index is 13.6. The number of benzene rings is 1. The highest BCUT2D eigenvalue weighted by Crippen LogP contribution is 2.29. The van der Waals surface area contributed by atoms with Gasteiger partial charge in [0.2, 0.25) is 5.91 Å². The molecule has 1 spiro atoms. The van der Waals surface area contributed by atoms with Gasteiger partial charge in [-0.15, -0.1) is 0 Å². The Morgan fingerprint density at radius 3 is 2.58 bits per heavy atom. The van der Waals surface area contributed by atoms with Gasteiger partial charge in [0, 0.05) is 19.2 Å². The van der Waals surface area contributed by atoms with E-state index in [9.17, 15) is 23.2 Å². The molecule has 0 aromatic heterocycles. The molecule has 2 N–H and O–H groups in total. The summed E-state index contributed by atoms with van der Waals surface area (Å²) in [6.45, 7) is 3.74. The number of halogens is 2. The molecule has 140 valence electrons. The number of carbonyl (C=O) groups excluding carboxylic acids is 3. The number of nitrogens with one attached hydrogen (secondary N) is 2. The first-order chi connectivity index (χ1) is 12.3. The number of anilines is 1. The summed E-state index contributed by atoms with van der Waals surface area (Å²) in [6, 6.07) is 2.09. The molecule has 0 saturated carbocycles. The lowest BCUT2D eigenvalue weighted by atomic mass is 9.87. The number of nitrogens with zero attached hydrogens (tertiary/aromatic N) is 2. The van der Waals surface area contributed by atoms with Gasteiger partial charge >= 0.3 is 6.03 Å². The zero-order valence-corrected chi connectivity index (χ0v) is 14.3. The van der Waals surface area contributed by atoms with Crippen LogP contribution in [-0.2, 0) is 9.59 Å². The SMILES string of the molecule is CCN1CCC2(CC1)NC(=O)N(CC(=O)Nc1ccc(F)cc1F)C2=O. The summed E-state index contributed by atoms with van der Waals surface area (Å²) in [5.41, 5.74) is -1.18. The number of hydrogen-bond donors (Lipinski definition) is 2. The largest absolute Gasteiger partial charge is 0.325 e. The van der Waals surface area contributed by atoms with Gasteiger partial charge in [0.15, 0.2) is 0 Å². The van der Waals surface area contributed by atoms with Gasteiger partial charge in [-0.2, -0.15) is 0 Å². The molecule has 0 atom stereocenters. The fourth-order valence-corrected chi connectivity index (χ4v) is 3.33. The number of urea groups is 1. The molecular formula is C17H20F2N4O3. The van der Waals surface area contributed by atoms with E-state index < -0.39 is 41.6 Å². The van der Waals surface area contributed by atoms with E-state index in [-0.39, 0.29) is 5.69 Å². The highest BCUT2D eigenvalue weighted by Gasteiger charge is 2.52. The zero-order chi connectivity index (χ0) is 18.9. The summed E-state index contributed by atoms with van der Waals surface area (Å²) in [4.78, 5) is 40.0. The highest BCUT2D eigenvalue weighted by molar-refractivity contribution is 6.10. The number of carbonyl (C=O) groups is 3. The van der Waals surface area contributed by atoms with Crippen LogP contribution in [0.15, 0.2) is 18.2 Å². The molecule has 2 heterocycles. The van der Waals surface area contributed by atoms with Crippen molar-refractivity contribution in [2.75, 3.05) is 31.5 Å². The molecule has 26 heavy (non-hydrogen) atoms. The maximum Gasteiger partial charge on any atom is 0.325 e. The maximum absolute atomic E-state index is 13.6. The fourth-order valence-electron chi connectivity index (χ4n) is 3.33. The van der Waals surface area contributed by atoms with E-state index >= 15 is 0 Å². The van der Waals surface area contributed by atoms with Gasteiger partial charge < -0.3 is 15.5 Å². The van der Waals surface area contributed by atoms with Crippen molar-refractivity contribution in [2.24, 2.45) is 0 Å². The second-order valence-corrected chi connectivity index (χ2v) is 6.51. The van der Waals surface area contributed by atoms with Gasteiger partial charge in [-0.25, -0.2) is 13.6 Å². The van der Waals surface area contributed by atoms with Crippen LogP contribution in [0.1, 0.15) is 19.8 Å². The molecule has 2 aliphatic heterocycles. The van der Waals surface area contributed by atoms with Crippen LogP contribution in [-0.4, -0.2) is 59.4 Å².